The van der Waals surface area contributed by atoms with Gasteiger partial charge in [0.05, 0.1) is 12.7 Å². The number of piperazine rings is 1. The van der Waals surface area contributed by atoms with Crippen LogP contribution in [0.25, 0.3) is 0 Å². The molecule has 1 aliphatic heterocycles. The van der Waals surface area contributed by atoms with E-state index in [0.717, 1.165) is 16.8 Å². The molecule has 2 heterocycles. The predicted octanol–water partition coefficient (Wildman–Crippen LogP) is 0.343. The molecule has 0 unspecified atom stereocenters. The number of nitrogens with zero attached hydrogens (tertiary/aromatic N) is 5. The molecule has 0 atom stereocenters. The maximum atomic E-state index is 12.5. The van der Waals surface area contributed by atoms with Crippen molar-refractivity contribution in [3.8, 4) is 0 Å². The van der Waals surface area contributed by atoms with E-state index in [1.165, 1.54) is 9.58 Å². The third kappa shape index (κ3) is 3.69. The molecule has 2 aromatic rings. The first kappa shape index (κ1) is 17.1. The first-order valence-electron chi connectivity index (χ1n) is 8.26. The van der Waals surface area contributed by atoms with Crippen molar-refractivity contribution in [3.05, 3.63) is 41.2 Å². The van der Waals surface area contributed by atoms with Crippen molar-refractivity contribution in [2.24, 2.45) is 5.73 Å². The third-order valence-electron chi connectivity index (χ3n) is 4.14. The zero-order valence-electron chi connectivity index (χ0n) is 14.5. The second-order valence-electron chi connectivity index (χ2n) is 6.27. The van der Waals surface area contributed by atoms with Gasteiger partial charge in [-0.25, -0.2) is 0 Å². The van der Waals surface area contributed by atoms with Crippen molar-refractivity contribution in [2.75, 3.05) is 31.1 Å². The molecule has 1 fully saturated rings. The van der Waals surface area contributed by atoms with Gasteiger partial charge >= 0.3 is 0 Å². The molecule has 1 saturated heterocycles. The highest BCUT2D eigenvalue weighted by Gasteiger charge is 2.30. The number of rotatable bonds is 4. The summed E-state index contributed by atoms with van der Waals surface area (Å²) in [6.07, 6.45) is 1.57. The molecule has 8 nitrogen and oxygen atoms in total. The number of carbonyl (C=O) groups is 2. The fourth-order valence-electron chi connectivity index (χ4n) is 3.03. The summed E-state index contributed by atoms with van der Waals surface area (Å²) >= 11 is 0. The van der Waals surface area contributed by atoms with Crippen LogP contribution >= 0.6 is 0 Å². The Bertz CT molecular complexity index is 780. The molecule has 25 heavy (non-hydrogen) atoms. The largest absolute Gasteiger partial charge is 0.329 e. The van der Waals surface area contributed by atoms with Gasteiger partial charge < -0.3 is 15.5 Å². The van der Waals surface area contributed by atoms with Gasteiger partial charge in [0.2, 0.25) is 5.91 Å². The molecule has 0 saturated carbocycles. The lowest BCUT2D eigenvalue weighted by molar-refractivity contribution is -0.120. The number of amides is 2. The van der Waals surface area contributed by atoms with Crippen LogP contribution in [0.4, 0.5) is 5.69 Å². The van der Waals surface area contributed by atoms with Crippen LogP contribution in [0.2, 0.25) is 0 Å². The Morgan fingerprint density at radius 1 is 1.20 bits per heavy atom. The highest BCUT2D eigenvalue weighted by molar-refractivity contribution is 6.00. The fourth-order valence-corrected chi connectivity index (χ4v) is 3.03. The molecule has 0 aliphatic carbocycles. The number of aryl methyl sites for hydroxylation is 2. The summed E-state index contributed by atoms with van der Waals surface area (Å²) in [7, 11) is 0. The van der Waals surface area contributed by atoms with Crippen LogP contribution in [0.1, 0.15) is 21.6 Å². The molecule has 0 radical (unpaired) electrons. The zero-order valence-corrected chi connectivity index (χ0v) is 14.5. The van der Waals surface area contributed by atoms with Crippen molar-refractivity contribution in [1.82, 2.24) is 19.9 Å². The van der Waals surface area contributed by atoms with E-state index in [4.69, 9.17) is 5.73 Å². The van der Waals surface area contributed by atoms with E-state index < -0.39 is 0 Å². The zero-order chi connectivity index (χ0) is 18.0. The minimum Gasteiger partial charge on any atom is -0.329 e. The first-order chi connectivity index (χ1) is 12.0. The molecule has 2 N–H and O–H groups in total. The summed E-state index contributed by atoms with van der Waals surface area (Å²) in [6.45, 7) is 5.89. The van der Waals surface area contributed by atoms with Crippen LogP contribution in [-0.4, -0.2) is 57.9 Å². The highest BCUT2D eigenvalue weighted by Crippen LogP contribution is 2.21. The number of aromatic nitrogens is 3. The average molecular weight is 342 g/mol. The molecule has 2 amide bonds. The molecule has 1 aliphatic rings. The number of benzene rings is 1. The standard InChI is InChI=1S/C17H22N6O2/c1-12-7-13(2)9-14(8-12)23-6-5-21(11-16(23)24)17(25)15-10-22(4-3-18)20-19-15/h7-10H,3-6,11,18H2,1-2H3. The monoisotopic (exact) mass is 342 g/mol. The number of nitrogens with two attached hydrogens (primary N) is 1. The van der Waals surface area contributed by atoms with Crippen molar-refractivity contribution < 1.29 is 9.59 Å². The Morgan fingerprint density at radius 3 is 2.56 bits per heavy atom. The SMILES string of the molecule is Cc1cc(C)cc(N2CCN(C(=O)c3cn(CCN)nn3)CC2=O)c1. The summed E-state index contributed by atoms with van der Waals surface area (Å²) < 4.78 is 1.53. The molecule has 0 bridgehead atoms. The maximum Gasteiger partial charge on any atom is 0.276 e. The summed E-state index contributed by atoms with van der Waals surface area (Å²) in [4.78, 5) is 28.3. The number of hydrogen-bond donors (Lipinski definition) is 1. The van der Waals surface area contributed by atoms with Crippen LogP contribution in [0.3, 0.4) is 0 Å². The fraction of sp³-hybridized carbons (Fsp3) is 0.412. The van der Waals surface area contributed by atoms with Crippen molar-refractivity contribution in [3.63, 3.8) is 0 Å². The van der Waals surface area contributed by atoms with Gasteiger partial charge in [-0.15, -0.1) is 5.10 Å². The average Bonchev–Trinajstić information content (AvgIpc) is 3.02. The van der Waals surface area contributed by atoms with E-state index >= 15 is 0 Å². The van der Waals surface area contributed by atoms with Gasteiger partial charge in [0.1, 0.15) is 6.54 Å². The third-order valence-corrected chi connectivity index (χ3v) is 4.14. The lowest BCUT2D eigenvalue weighted by atomic mass is 10.1. The topological polar surface area (TPSA) is 97.3 Å². The van der Waals surface area contributed by atoms with Crippen molar-refractivity contribution in [2.45, 2.75) is 20.4 Å². The number of hydrogen-bond acceptors (Lipinski definition) is 5. The van der Waals surface area contributed by atoms with Crippen molar-refractivity contribution >= 4 is 17.5 Å². The second kappa shape index (κ2) is 7.02. The van der Waals surface area contributed by atoms with E-state index in [9.17, 15) is 9.59 Å². The predicted molar refractivity (Wildman–Crippen MR) is 93.2 cm³/mol. The normalized spacial score (nSPS) is 14.9. The smallest absolute Gasteiger partial charge is 0.276 e. The quantitative estimate of drug-likeness (QED) is 0.864. The van der Waals surface area contributed by atoms with E-state index in [2.05, 4.69) is 16.4 Å². The highest BCUT2D eigenvalue weighted by atomic mass is 16.2. The van der Waals surface area contributed by atoms with Crippen LogP contribution in [0.15, 0.2) is 24.4 Å². The lowest BCUT2D eigenvalue weighted by Crippen LogP contribution is -2.52. The Morgan fingerprint density at radius 2 is 1.92 bits per heavy atom. The molecule has 132 valence electrons. The summed E-state index contributed by atoms with van der Waals surface area (Å²) in [5.41, 5.74) is 8.80. The van der Waals surface area contributed by atoms with E-state index in [1.807, 2.05) is 26.0 Å². The number of carbonyl (C=O) groups excluding carboxylic acids is 2. The molecule has 8 heteroatoms. The van der Waals surface area contributed by atoms with E-state index in [1.54, 1.807) is 11.1 Å². The van der Waals surface area contributed by atoms with Gasteiger partial charge in [0.15, 0.2) is 5.69 Å². The van der Waals surface area contributed by atoms with Gasteiger partial charge in [0.25, 0.3) is 5.91 Å². The Kier molecular flexibility index (Phi) is 4.80. The van der Waals surface area contributed by atoms with Gasteiger partial charge in [-0.3, -0.25) is 14.3 Å². The van der Waals surface area contributed by atoms with Crippen molar-refractivity contribution in [1.29, 1.82) is 0 Å². The lowest BCUT2D eigenvalue weighted by Gasteiger charge is -2.34. The molecule has 1 aromatic heterocycles. The van der Waals surface area contributed by atoms with Crippen LogP contribution in [0.5, 0.6) is 0 Å². The van der Waals surface area contributed by atoms with Crippen LogP contribution < -0.4 is 10.6 Å². The van der Waals surface area contributed by atoms with Gasteiger partial charge in [-0.1, -0.05) is 11.3 Å². The minimum absolute atomic E-state index is 0.0373. The van der Waals surface area contributed by atoms with Gasteiger partial charge in [-0.2, -0.15) is 0 Å². The van der Waals surface area contributed by atoms with Gasteiger partial charge in [0, 0.05) is 25.3 Å². The molecule has 3 rings (SSSR count). The first-order valence-corrected chi connectivity index (χ1v) is 8.26. The number of anilines is 1. The second-order valence-corrected chi connectivity index (χ2v) is 6.27. The Hall–Kier alpha value is -2.74. The Balaban J connectivity index is 1.70. The van der Waals surface area contributed by atoms with Gasteiger partial charge in [-0.05, 0) is 37.1 Å². The maximum absolute atomic E-state index is 12.5. The molecular formula is C17H22N6O2. The summed E-state index contributed by atoms with van der Waals surface area (Å²) in [5.74, 6) is -0.379. The molecular weight excluding hydrogens is 320 g/mol. The van der Waals surface area contributed by atoms with Crippen LogP contribution in [0, 0.1) is 13.8 Å². The van der Waals surface area contributed by atoms with Crippen LogP contribution in [-0.2, 0) is 11.3 Å². The van der Waals surface area contributed by atoms with E-state index in [0.29, 0.717) is 26.2 Å². The molecule has 0 spiro atoms. The Labute approximate surface area is 146 Å². The summed E-state index contributed by atoms with van der Waals surface area (Å²) in [5, 5.41) is 7.74. The summed E-state index contributed by atoms with van der Waals surface area (Å²) in [6, 6.07) is 6.04. The van der Waals surface area contributed by atoms with E-state index in [-0.39, 0.29) is 24.1 Å². The molecule has 1 aromatic carbocycles. The minimum atomic E-state index is -0.281.